The zero-order chi connectivity index (χ0) is 11.5. The van der Waals surface area contributed by atoms with Crippen molar-refractivity contribution in [3.05, 3.63) is 0 Å². The molecule has 1 saturated carbocycles. The molecule has 16 heavy (non-hydrogen) atoms. The predicted molar refractivity (Wildman–Crippen MR) is 66.5 cm³/mol. The lowest BCUT2D eigenvalue weighted by Crippen LogP contribution is -2.45. The van der Waals surface area contributed by atoms with E-state index in [1.54, 1.807) is 0 Å². The summed E-state index contributed by atoms with van der Waals surface area (Å²) in [6.45, 7) is 0.927. The lowest BCUT2D eigenvalue weighted by atomic mass is 9.93. The molecular weight excluding hydrogens is 222 g/mol. The molecule has 2 aliphatic rings. The summed E-state index contributed by atoms with van der Waals surface area (Å²) in [6.07, 6.45) is 7.62. The number of aliphatic hydroxyl groups is 1. The van der Waals surface area contributed by atoms with Gasteiger partial charge in [0, 0.05) is 36.8 Å². The minimum Gasteiger partial charge on any atom is -0.396 e. The van der Waals surface area contributed by atoms with Crippen LogP contribution >= 0.6 is 11.8 Å². The van der Waals surface area contributed by atoms with E-state index < -0.39 is 0 Å². The van der Waals surface area contributed by atoms with Gasteiger partial charge in [-0.05, 0) is 19.1 Å². The van der Waals surface area contributed by atoms with Crippen molar-refractivity contribution in [2.24, 2.45) is 5.92 Å². The summed E-state index contributed by atoms with van der Waals surface area (Å²) in [5, 5.41) is 9.75. The van der Waals surface area contributed by atoms with Crippen LogP contribution in [0.25, 0.3) is 0 Å². The highest BCUT2D eigenvalue weighted by Gasteiger charge is 2.38. The molecule has 0 aromatic rings. The maximum atomic E-state index is 11.9. The fourth-order valence-electron chi connectivity index (χ4n) is 2.96. The van der Waals surface area contributed by atoms with Gasteiger partial charge in [-0.3, -0.25) is 4.79 Å². The second-order valence-electron chi connectivity index (χ2n) is 4.92. The van der Waals surface area contributed by atoms with Gasteiger partial charge in [0.25, 0.3) is 0 Å². The van der Waals surface area contributed by atoms with E-state index in [4.69, 9.17) is 5.11 Å². The number of hydrogen-bond acceptors (Lipinski definition) is 3. The SMILES string of the molecule is CSC1CCCCC1N1CC(CO)CC1=O. The summed E-state index contributed by atoms with van der Waals surface area (Å²) in [5.74, 6) is 0.432. The molecule has 1 N–H and O–H groups in total. The Bertz CT molecular complexity index is 259. The highest BCUT2D eigenvalue weighted by Crippen LogP contribution is 2.33. The highest BCUT2D eigenvalue weighted by molar-refractivity contribution is 7.99. The van der Waals surface area contributed by atoms with Crippen LogP contribution in [-0.4, -0.2) is 46.6 Å². The van der Waals surface area contributed by atoms with Crippen molar-refractivity contribution < 1.29 is 9.90 Å². The van der Waals surface area contributed by atoms with E-state index >= 15 is 0 Å². The number of rotatable bonds is 3. The Morgan fingerprint density at radius 3 is 2.81 bits per heavy atom. The summed E-state index contributed by atoms with van der Waals surface area (Å²) in [5.41, 5.74) is 0. The van der Waals surface area contributed by atoms with E-state index in [1.807, 2.05) is 16.7 Å². The van der Waals surface area contributed by atoms with Crippen LogP contribution in [0.3, 0.4) is 0 Å². The second-order valence-corrected chi connectivity index (χ2v) is 6.00. The maximum absolute atomic E-state index is 11.9. The van der Waals surface area contributed by atoms with Crippen molar-refractivity contribution in [1.29, 1.82) is 0 Å². The van der Waals surface area contributed by atoms with Gasteiger partial charge in [-0.2, -0.15) is 11.8 Å². The number of carbonyl (C=O) groups is 1. The van der Waals surface area contributed by atoms with Crippen LogP contribution in [0.2, 0.25) is 0 Å². The third-order valence-corrected chi connectivity index (χ3v) is 5.02. The second kappa shape index (κ2) is 5.41. The summed E-state index contributed by atoms with van der Waals surface area (Å²) in [7, 11) is 0. The van der Waals surface area contributed by atoms with Gasteiger partial charge in [-0.15, -0.1) is 0 Å². The zero-order valence-corrected chi connectivity index (χ0v) is 10.7. The average molecular weight is 243 g/mol. The fourth-order valence-corrected chi connectivity index (χ4v) is 3.96. The molecule has 0 radical (unpaired) electrons. The van der Waals surface area contributed by atoms with Crippen LogP contribution in [0, 0.1) is 5.92 Å². The Labute approximate surface area is 102 Å². The van der Waals surface area contributed by atoms with Crippen LogP contribution < -0.4 is 0 Å². The summed E-state index contributed by atoms with van der Waals surface area (Å²) >= 11 is 1.90. The molecule has 3 nitrogen and oxygen atoms in total. The van der Waals surface area contributed by atoms with Gasteiger partial charge >= 0.3 is 0 Å². The molecule has 1 amide bonds. The van der Waals surface area contributed by atoms with Crippen LogP contribution in [-0.2, 0) is 4.79 Å². The van der Waals surface area contributed by atoms with Gasteiger partial charge in [0.05, 0.1) is 0 Å². The molecule has 0 spiro atoms. The van der Waals surface area contributed by atoms with Crippen molar-refractivity contribution >= 4 is 17.7 Å². The maximum Gasteiger partial charge on any atom is 0.223 e. The minimum absolute atomic E-state index is 0.152. The largest absolute Gasteiger partial charge is 0.396 e. The number of likely N-dealkylation sites (tertiary alicyclic amines) is 1. The summed E-state index contributed by atoms with van der Waals surface area (Å²) in [6, 6.07) is 0.424. The van der Waals surface area contributed by atoms with E-state index in [0.717, 1.165) is 13.0 Å². The molecule has 1 aliphatic carbocycles. The minimum atomic E-state index is 0.152. The Balaban J connectivity index is 2.02. The van der Waals surface area contributed by atoms with Crippen LogP contribution in [0.15, 0.2) is 0 Å². The average Bonchev–Trinajstić information content (AvgIpc) is 2.70. The molecular formula is C12H21NO2S. The zero-order valence-electron chi connectivity index (χ0n) is 9.89. The molecule has 1 aliphatic heterocycles. The molecule has 4 heteroatoms. The number of nitrogens with zero attached hydrogens (tertiary/aromatic N) is 1. The molecule has 0 aromatic carbocycles. The lowest BCUT2D eigenvalue weighted by Gasteiger charge is -2.37. The molecule has 3 unspecified atom stereocenters. The molecule has 2 fully saturated rings. The normalized spacial score (nSPS) is 35.8. The first-order chi connectivity index (χ1) is 7.76. The number of amides is 1. The molecule has 0 bridgehead atoms. The molecule has 3 atom stereocenters. The first-order valence-corrected chi connectivity index (χ1v) is 7.48. The number of aliphatic hydroxyl groups excluding tert-OH is 1. The first-order valence-electron chi connectivity index (χ1n) is 6.19. The van der Waals surface area contributed by atoms with Gasteiger partial charge in [0.2, 0.25) is 5.91 Å². The number of hydrogen-bond donors (Lipinski definition) is 1. The lowest BCUT2D eigenvalue weighted by molar-refractivity contribution is -0.130. The van der Waals surface area contributed by atoms with Crippen molar-refractivity contribution in [3.63, 3.8) is 0 Å². The topological polar surface area (TPSA) is 40.5 Å². The Morgan fingerprint density at radius 2 is 2.19 bits per heavy atom. The van der Waals surface area contributed by atoms with Gasteiger partial charge in [-0.25, -0.2) is 0 Å². The Hall–Kier alpha value is -0.220. The predicted octanol–water partition coefficient (Wildman–Crippen LogP) is 1.50. The summed E-state index contributed by atoms with van der Waals surface area (Å²) in [4.78, 5) is 14.0. The number of carbonyl (C=O) groups excluding carboxylic acids is 1. The Kier molecular flexibility index (Phi) is 4.14. The Morgan fingerprint density at radius 1 is 1.44 bits per heavy atom. The molecule has 1 heterocycles. The number of thioether (sulfide) groups is 1. The highest BCUT2D eigenvalue weighted by atomic mass is 32.2. The van der Waals surface area contributed by atoms with E-state index in [0.29, 0.717) is 17.7 Å². The van der Waals surface area contributed by atoms with Crippen LogP contribution in [0.5, 0.6) is 0 Å². The van der Waals surface area contributed by atoms with Crippen molar-refractivity contribution in [2.75, 3.05) is 19.4 Å². The molecule has 92 valence electrons. The van der Waals surface area contributed by atoms with Crippen molar-refractivity contribution in [2.45, 2.75) is 43.4 Å². The van der Waals surface area contributed by atoms with Crippen molar-refractivity contribution in [1.82, 2.24) is 4.90 Å². The third kappa shape index (κ3) is 2.38. The molecule has 2 rings (SSSR count). The van der Waals surface area contributed by atoms with E-state index in [1.165, 1.54) is 19.3 Å². The quantitative estimate of drug-likeness (QED) is 0.816. The van der Waals surface area contributed by atoms with E-state index in [2.05, 4.69) is 6.26 Å². The molecule has 1 saturated heterocycles. The third-order valence-electron chi connectivity index (χ3n) is 3.87. The van der Waals surface area contributed by atoms with Gasteiger partial charge < -0.3 is 10.0 Å². The van der Waals surface area contributed by atoms with Crippen LogP contribution in [0.4, 0.5) is 0 Å². The fraction of sp³-hybridized carbons (Fsp3) is 0.917. The summed E-state index contributed by atoms with van der Waals surface area (Å²) < 4.78 is 0. The van der Waals surface area contributed by atoms with Crippen molar-refractivity contribution in [3.8, 4) is 0 Å². The van der Waals surface area contributed by atoms with Gasteiger partial charge in [0.15, 0.2) is 0 Å². The van der Waals surface area contributed by atoms with Gasteiger partial charge in [-0.1, -0.05) is 12.8 Å². The molecule has 0 aromatic heterocycles. The smallest absolute Gasteiger partial charge is 0.223 e. The van der Waals surface area contributed by atoms with E-state index in [-0.39, 0.29) is 18.4 Å². The van der Waals surface area contributed by atoms with Gasteiger partial charge in [0.1, 0.15) is 0 Å². The van der Waals surface area contributed by atoms with E-state index in [9.17, 15) is 4.79 Å². The van der Waals surface area contributed by atoms with Crippen LogP contribution in [0.1, 0.15) is 32.1 Å². The first kappa shape index (κ1) is 12.2. The standard InChI is InChI=1S/C12H21NO2S/c1-16-11-5-3-2-4-10(11)13-7-9(8-14)6-12(13)15/h9-11,14H,2-8H2,1H3. The monoisotopic (exact) mass is 243 g/mol.